The monoisotopic (exact) mass is 337 g/mol. The van der Waals surface area contributed by atoms with Gasteiger partial charge in [0.05, 0.1) is 17.3 Å². The summed E-state index contributed by atoms with van der Waals surface area (Å²) in [6.07, 6.45) is 1.82. The zero-order valence-electron chi connectivity index (χ0n) is 12.2. The molecule has 2 unspecified atom stereocenters. The Balaban J connectivity index is 2.10. The molecular formula is C15H20BrN3O. The molecule has 0 aliphatic carbocycles. The molecule has 1 N–H and O–H groups in total. The molecule has 0 amide bonds. The third-order valence-corrected chi connectivity index (χ3v) is 4.10. The maximum absolute atomic E-state index is 5.26. The van der Waals surface area contributed by atoms with Crippen LogP contribution in [0.2, 0.25) is 0 Å². The molecule has 20 heavy (non-hydrogen) atoms. The van der Waals surface area contributed by atoms with Crippen LogP contribution in [0.15, 0.2) is 34.9 Å². The van der Waals surface area contributed by atoms with Crippen molar-refractivity contribution >= 4 is 15.9 Å². The summed E-state index contributed by atoms with van der Waals surface area (Å²) < 4.78 is 8.13. The Morgan fingerprint density at radius 2 is 2.00 bits per heavy atom. The number of hydrogen-bond acceptors (Lipinski definition) is 3. The molecule has 5 heteroatoms. The zero-order chi connectivity index (χ0) is 14.7. The largest absolute Gasteiger partial charge is 0.496 e. The molecule has 0 bridgehead atoms. The number of ether oxygens (including phenoxy) is 1. The molecule has 2 rings (SSSR count). The van der Waals surface area contributed by atoms with Crippen molar-refractivity contribution in [2.24, 2.45) is 7.05 Å². The number of halogens is 1. The van der Waals surface area contributed by atoms with Gasteiger partial charge in [0.15, 0.2) is 0 Å². The van der Waals surface area contributed by atoms with Gasteiger partial charge in [-0.25, -0.2) is 0 Å². The molecule has 0 fully saturated rings. The van der Waals surface area contributed by atoms with Gasteiger partial charge < -0.3 is 10.1 Å². The number of hydrogen-bond donors (Lipinski definition) is 1. The van der Waals surface area contributed by atoms with Crippen LogP contribution in [0.25, 0.3) is 0 Å². The predicted molar refractivity (Wildman–Crippen MR) is 83.9 cm³/mol. The molecule has 0 saturated heterocycles. The minimum atomic E-state index is 0.235. The fourth-order valence-corrected chi connectivity index (χ4v) is 2.88. The summed E-state index contributed by atoms with van der Waals surface area (Å²) in [5, 5.41) is 7.79. The number of nitrogens with zero attached hydrogens (tertiary/aromatic N) is 2. The lowest BCUT2D eigenvalue weighted by molar-refractivity contribution is 0.411. The van der Waals surface area contributed by atoms with Crippen molar-refractivity contribution in [2.45, 2.75) is 25.9 Å². The smallest absolute Gasteiger partial charge is 0.133 e. The second-order valence-electron chi connectivity index (χ2n) is 4.88. The van der Waals surface area contributed by atoms with Gasteiger partial charge in [0.1, 0.15) is 5.75 Å². The van der Waals surface area contributed by atoms with Crippen LogP contribution in [-0.2, 0) is 7.05 Å². The normalized spacial score (nSPS) is 14.1. The highest BCUT2D eigenvalue weighted by molar-refractivity contribution is 9.10. The summed E-state index contributed by atoms with van der Waals surface area (Å²) in [5.74, 6) is 0.848. The van der Waals surface area contributed by atoms with Crippen LogP contribution in [0.3, 0.4) is 0 Å². The summed E-state index contributed by atoms with van der Waals surface area (Å²) in [7, 11) is 3.63. The Morgan fingerprint density at radius 1 is 1.25 bits per heavy atom. The minimum absolute atomic E-state index is 0.235. The van der Waals surface area contributed by atoms with Gasteiger partial charge in [-0.3, -0.25) is 4.68 Å². The van der Waals surface area contributed by atoms with Gasteiger partial charge in [-0.15, -0.1) is 0 Å². The van der Waals surface area contributed by atoms with E-state index in [1.54, 1.807) is 7.11 Å². The average Bonchev–Trinajstić information content (AvgIpc) is 2.84. The molecule has 0 saturated carbocycles. The Morgan fingerprint density at radius 3 is 2.55 bits per heavy atom. The fraction of sp³-hybridized carbons (Fsp3) is 0.400. The van der Waals surface area contributed by atoms with Gasteiger partial charge in [-0.1, -0.05) is 6.07 Å². The van der Waals surface area contributed by atoms with Gasteiger partial charge in [0.2, 0.25) is 0 Å². The first-order valence-corrected chi connectivity index (χ1v) is 7.39. The molecule has 0 spiro atoms. The molecular weight excluding hydrogens is 318 g/mol. The lowest BCUT2D eigenvalue weighted by Gasteiger charge is -2.21. The first kappa shape index (κ1) is 15.1. The number of methoxy groups -OCH3 is 1. The minimum Gasteiger partial charge on any atom is -0.496 e. The maximum Gasteiger partial charge on any atom is 0.133 e. The lowest BCUT2D eigenvalue weighted by Crippen LogP contribution is -2.24. The SMILES string of the molecule is COc1ccc(C(C)NC(C)c2ccnn2C)cc1Br. The first-order chi connectivity index (χ1) is 9.52. The highest BCUT2D eigenvalue weighted by Crippen LogP contribution is 2.28. The first-order valence-electron chi connectivity index (χ1n) is 6.60. The van der Waals surface area contributed by atoms with E-state index in [2.05, 4.69) is 52.3 Å². The number of aromatic nitrogens is 2. The third-order valence-electron chi connectivity index (χ3n) is 3.48. The highest BCUT2D eigenvalue weighted by Gasteiger charge is 2.14. The molecule has 1 aromatic heterocycles. The second-order valence-corrected chi connectivity index (χ2v) is 5.74. The van der Waals surface area contributed by atoms with Gasteiger partial charge in [-0.05, 0) is 53.5 Å². The number of nitrogens with one attached hydrogen (secondary N) is 1. The Labute approximate surface area is 128 Å². The molecule has 2 aromatic rings. The van der Waals surface area contributed by atoms with E-state index in [1.807, 2.05) is 30.1 Å². The summed E-state index contributed by atoms with van der Waals surface area (Å²) in [5.41, 5.74) is 2.39. The standard InChI is InChI=1S/C15H20BrN3O/c1-10(12-5-6-15(20-4)13(16)9-12)18-11(2)14-7-8-17-19(14)3/h5-11,18H,1-4H3. The van der Waals surface area contributed by atoms with Gasteiger partial charge >= 0.3 is 0 Å². The second kappa shape index (κ2) is 6.41. The summed E-state index contributed by atoms with van der Waals surface area (Å²) in [6, 6.07) is 8.66. The van der Waals surface area contributed by atoms with Crippen LogP contribution in [0.5, 0.6) is 5.75 Å². The van der Waals surface area contributed by atoms with Gasteiger partial charge in [0, 0.05) is 25.3 Å². The topological polar surface area (TPSA) is 39.1 Å². The van der Waals surface area contributed by atoms with E-state index < -0.39 is 0 Å². The van der Waals surface area contributed by atoms with E-state index in [-0.39, 0.29) is 12.1 Å². The third kappa shape index (κ3) is 3.22. The van der Waals surface area contributed by atoms with Gasteiger partial charge in [-0.2, -0.15) is 5.10 Å². The van der Waals surface area contributed by atoms with Crippen molar-refractivity contribution in [1.29, 1.82) is 0 Å². The quantitative estimate of drug-likeness (QED) is 0.905. The van der Waals surface area contributed by atoms with Crippen LogP contribution in [-0.4, -0.2) is 16.9 Å². The molecule has 4 nitrogen and oxygen atoms in total. The molecule has 0 radical (unpaired) electrons. The van der Waals surface area contributed by atoms with Crippen LogP contribution in [0, 0.1) is 0 Å². The molecule has 2 atom stereocenters. The number of aryl methyl sites for hydroxylation is 1. The highest BCUT2D eigenvalue weighted by atomic mass is 79.9. The van der Waals surface area contributed by atoms with Crippen molar-refractivity contribution in [3.8, 4) is 5.75 Å². The number of benzene rings is 1. The van der Waals surface area contributed by atoms with Crippen LogP contribution in [0.4, 0.5) is 0 Å². The van der Waals surface area contributed by atoms with Crippen LogP contribution >= 0.6 is 15.9 Å². The number of rotatable bonds is 5. The summed E-state index contributed by atoms with van der Waals surface area (Å²) >= 11 is 3.53. The van der Waals surface area contributed by atoms with E-state index in [0.717, 1.165) is 10.2 Å². The summed E-state index contributed by atoms with van der Waals surface area (Å²) in [4.78, 5) is 0. The van der Waals surface area contributed by atoms with E-state index in [4.69, 9.17) is 4.74 Å². The average molecular weight is 338 g/mol. The summed E-state index contributed by atoms with van der Waals surface area (Å²) in [6.45, 7) is 4.30. The van der Waals surface area contributed by atoms with E-state index >= 15 is 0 Å². The lowest BCUT2D eigenvalue weighted by atomic mass is 10.1. The van der Waals surface area contributed by atoms with E-state index in [1.165, 1.54) is 11.3 Å². The molecule has 0 aliphatic rings. The van der Waals surface area contributed by atoms with E-state index in [0.29, 0.717) is 0 Å². The molecule has 1 heterocycles. The van der Waals surface area contributed by atoms with Crippen molar-refractivity contribution in [1.82, 2.24) is 15.1 Å². The molecule has 108 valence electrons. The Kier molecular flexibility index (Phi) is 4.83. The Bertz CT molecular complexity index is 582. The van der Waals surface area contributed by atoms with Crippen molar-refractivity contribution < 1.29 is 4.74 Å². The van der Waals surface area contributed by atoms with Crippen molar-refractivity contribution in [3.63, 3.8) is 0 Å². The fourth-order valence-electron chi connectivity index (χ4n) is 2.32. The maximum atomic E-state index is 5.26. The van der Waals surface area contributed by atoms with Gasteiger partial charge in [0.25, 0.3) is 0 Å². The van der Waals surface area contributed by atoms with Crippen molar-refractivity contribution in [3.05, 3.63) is 46.2 Å². The van der Waals surface area contributed by atoms with Crippen molar-refractivity contribution in [2.75, 3.05) is 7.11 Å². The van der Waals surface area contributed by atoms with Crippen LogP contribution in [0.1, 0.15) is 37.2 Å². The predicted octanol–water partition coefficient (Wildman–Crippen LogP) is 3.60. The molecule has 1 aromatic carbocycles. The van der Waals surface area contributed by atoms with Crippen LogP contribution < -0.4 is 10.1 Å². The molecule has 0 aliphatic heterocycles. The Hall–Kier alpha value is -1.33. The zero-order valence-corrected chi connectivity index (χ0v) is 13.8. The van der Waals surface area contributed by atoms with E-state index in [9.17, 15) is 0 Å².